The van der Waals surface area contributed by atoms with E-state index in [1.165, 1.54) is 0 Å². The molecule has 0 radical (unpaired) electrons. The Bertz CT molecular complexity index is 333. The molecule has 0 saturated heterocycles. The molecule has 2 fully saturated rings. The molecule has 0 aromatic rings. The average molecular weight is 290 g/mol. The van der Waals surface area contributed by atoms with Gasteiger partial charge in [-0.3, -0.25) is 0 Å². The van der Waals surface area contributed by atoms with Crippen LogP contribution in [0.5, 0.6) is 0 Å². The van der Waals surface area contributed by atoms with Gasteiger partial charge in [-0.05, 0) is 49.4 Å². The molecule has 2 aliphatic carbocycles. The Balaban J connectivity index is 2.19. The molecule has 2 saturated carbocycles. The summed E-state index contributed by atoms with van der Waals surface area (Å²) >= 11 is 0. The summed E-state index contributed by atoms with van der Waals surface area (Å²) in [6, 6.07) is 0. The van der Waals surface area contributed by atoms with E-state index in [1.54, 1.807) is 0 Å². The highest BCUT2D eigenvalue weighted by Crippen LogP contribution is 2.57. The smallest absolute Gasteiger partial charge is 0.374 e. The molecular weight excluding hydrogens is 274 g/mol. The molecule has 1 nitrogen and oxygen atoms in total. The molecule has 19 heavy (non-hydrogen) atoms. The van der Waals surface area contributed by atoms with Crippen molar-refractivity contribution < 1.29 is 31.4 Å². The Morgan fingerprint density at radius 2 is 1.47 bits per heavy atom. The third kappa shape index (κ3) is 2.34. The number of alkyl halides is 6. The van der Waals surface area contributed by atoms with Crippen LogP contribution >= 0.6 is 0 Å². The Kier molecular flexibility index (Phi) is 3.35. The van der Waals surface area contributed by atoms with Gasteiger partial charge in [-0.15, -0.1) is 0 Å². The molecule has 2 bridgehead atoms. The van der Waals surface area contributed by atoms with Crippen LogP contribution < -0.4 is 0 Å². The summed E-state index contributed by atoms with van der Waals surface area (Å²) in [4.78, 5) is 0. The Hall–Kier alpha value is -0.460. The van der Waals surface area contributed by atoms with Gasteiger partial charge in [-0.25, -0.2) is 0 Å². The van der Waals surface area contributed by atoms with Crippen molar-refractivity contribution in [1.29, 1.82) is 0 Å². The Labute approximate surface area is 107 Å². The second kappa shape index (κ2) is 4.27. The number of halogens is 6. The van der Waals surface area contributed by atoms with Crippen LogP contribution in [0.15, 0.2) is 0 Å². The minimum absolute atomic E-state index is 0.124. The summed E-state index contributed by atoms with van der Waals surface area (Å²) in [7, 11) is 0. The lowest BCUT2D eigenvalue weighted by Gasteiger charge is -2.37. The number of hydrogen-bond acceptors (Lipinski definition) is 1. The van der Waals surface area contributed by atoms with E-state index < -0.39 is 30.3 Å². The van der Waals surface area contributed by atoms with Crippen LogP contribution in [-0.2, 0) is 0 Å². The zero-order chi connectivity index (χ0) is 14.6. The predicted molar refractivity (Wildman–Crippen MR) is 55.2 cm³/mol. The molecule has 112 valence electrons. The lowest BCUT2D eigenvalue weighted by molar-refractivity contribution is -0.373. The molecule has 0 amide bonds. The van der Waals surface area contributed by atoms with E-state index in [4.69, 9.17) is 0 Å². The summed E-state index contributed by atoms with van der Waals surface area (Å²) in [5.41, 5.74) is -4.57. The first-order valence-corrected chi connectivity index (χ1v) is 6.31. The van der Waals surface area contributed by atoms with Gasteiger partial charge in [0.15, 0.2) is 0 Å². The first-order valence-electron chi connectivity index (χ1n) is 6.31. The maximum Gasteiger partial charge on any atom is 0.426 e. The largest absolute Gasteiger partial charge is 0.426 e. The minimum atomic E-state index is -5.68. The standard InChI is InChI=1S/C12H16F6O/c1-6-2-7-3-8(9(6)4-7)5-10(19,11(13,14)15)12(16,17)18/h6-9,19H,2-5H2,1H3. The molecule has 4 unspecified atom stereocenters. The van der Waals surface area contributed by atoms with E-state index in [0.29, 0.717) is 12.8 Å². The zero-order valence-electron chi connectivity index (χ0n) is 10.4. The van der Waals surface area contributed by atoms with Crippen molar-refractivity contribution in [1.82, 2.24) is 0 Å². The maximum atomic E-state index is 12.6. The van der Waals surface area contributed by atoms with Gasteiger partial charge in [0.05, 0.1) is 0 Å². The fraction of sp³-hybridized carbons (Fsp3) is 1.00. The van der Waals surface area contributed by atoms with E-state index in [-0.39, 0.29) is 17.8 Å². The molecule has 0 spiro atoms. The summed E-state index contributed by atoms with van der Waals surface area (Å²) in [5, 5.41) is 9.21. The molecule has 4 atom stereocenters. The van der Waals surface area contributed by atoms with Crippen LogP contribution in [0.25, 0.3) is 0 Å². The van der Waals surface area contributed by atoms with Crippen molar-refractivity contribution in [3.8, 4) is 0 Å². The lowest BCUT2D eigenvalue weighted by Crippen LogP contribution is -2.58. The van der Waals surface area contributed by atoms with Gasteiger partial charge < -0.3 is 5.11 Å². The second-order valence-electron chi connectivity index (χ2n) is 6.03. The van der Waals surface area contributed by atoms with E-state index in [2.05, 4.69) is 0 Å². The van der Waals surface area contributed by atoms with Crippen LogP contribution in [0.2, 0.25) is 0 Å². The first kappa shape index (κ1) is 14.9. The monoisotopic (exact) mass is 290 g/mol. The average Bonchev–Trinajstić information content (AvgIpc) is 2.72. The van der Waals surface area contributed by atoms with Crippen molar-refractivity contribution in [2.45, 2.75) is 50.6 Å². The first-order chi connectivity index (χ1) is 8.46. The molecular formula is C12H16F6O. The van der Waals surface area contributed by atoms with Gasteiger partial charge in [-0.1, -0.05) is 6.92 Å². The number of rotatable bonds is 2. The summed E-state index contributed by atoms with van der Waals surface area (Å²) in [5.74, 6) is -0.451. The topological polar surface area (TPSA) is 20.2 Å². The van der Waals surface area contributed by atoms with E-state index in [1.807, 2.05) is 6.92 Å². The van der Waals surface area contributed by atoms with Crippen LogP contribution in [0.1, 0.15) is 32.6 Å². The van der Waals surface area contributed by atoms with Crippen molar-refractivity contribution in [3.63, 3.8) is 0 Å². The number of aliphatic hydroxyl groups is 1. The molecule has 0 aliphatic heterocycles. The minimum Gasteiger partial charge on any atom is -0.374 e. The summed E-state index contributed by atoms with van der Waals surface area (Å²) in [6.45, 7) is 1.86. The normalized spacial score (nSPS) is 36.0. The van der Waals surface area contributed by atoms with E-state index in [0.717, 1.165) is 6.42 Å². The van der Waals surface area contributed by atoms with E-state index in [9.17, 15) is 31.4 Å². The van der Waals surface area contributed by atoms with Crippen LogP contribution in [0, 0.1) is 23.7 Å². The van der Waals surface area contributed by atoms with Gasteiger partial charge >= 0.3 is 12.4 Å². The Morgan fingerprint density at radius 1 is 0.947 bits per heavy atom. The zero-order valence-corrected chi connectivity index (χ0v) is 10.4. The lowest BCUT2D eigenvalue weighted by atomic mass is 9.75. The van der Waals surface area contributed by atoms with Crippen molar-refractivity contribution in [2.75, 3.05) is 0 Å². The number of fused-ring (bicyclic) bond motifs is 2. The van der Waals surface area contributed by atoms with Gasteiger partial charge in [0, 0.05) is 0 Å². The molecule has 7 heteroatoms. The Morgan fingerprint density at radius 3 is 1.84 bits per heavy atom. The second-order valence-corrected chi connectivity index (χ2v) is 6.03. The van der Waals surface area contributed by atoms with Crippen molar-refractivity contribution >= 4 is 0 Å². The molecule has 0 heterocycles. The van der Waals surface area contributed by atoms with Crippen LogP contribution in [-0.4, -0.2) is 23.1 Å². The highest BCUT2D eigenvalue weighted by atomic mass is 19.4. The van der Waals surface area contributed by atoms with Gasteiger partial charge in [-0.2, -0.15) is 26.3 Å². The van der Waals surface area contributed by atoms with Gasteiger partial charge in [0.25, 0.3) is 5.60 Å². The third-order valence-electron chi connectivity index (χ3n) is 4.78. The summed E-state index contributed by atoms with van der Waals surface area (Å²) < 4.78 is 75.7. The summed E-state index contributed by atoms with van der Waals surface area (Å²) in [6.07, 6.45) is -10.7. The predicted octanol–water partition coefficient (Wildman–Crippen LogP) is 3.91. The fourth-order valence-electron chi connectivity index (χ4n) is 3.87. The highest BCUT2D eigenvalue weighted by Gasteiger charge is 2.71. The molecule has 0 aromatic carbocycles. The van der Waals surface area contributed by atoms with Crippen LogP contribution in [0.4, 0.5) is 26.3 Å². The van der Waals surface area contributed by atoms with Crippen molar-refractivity contribution in [2.24, 2.45) is 23.7 Å². The fourth-order valence-corrected chi connectivity index (χ4v) is 3.87. The molecule has 2 aliphatic rings. The third-order valence-corrected chi connectivity index (χ3v) is 4.78. The van der Waals surface area contributed by atoms with Crippen LogP contribution in [0.3, 0.4) is 0 Å². The number of hydrogen-bond donors (Lipinski definition) is 1. The SMILES string of the molecule is CC1CC2CC(CC(O)(C(F)(F)F)C(F)(F)F)C1C2. The molecule has 0 aromatic heterocycles. The molecule has 2 rings (SSSR count). The maximum absolute atomic E-state index is 12.6. The molecule has 1 N–H and O–H groups in total. The quantitative estimate of drug-likeness (QED) is 0.764. The van der Waals surface area contributed by atoms with Gasteiger partial charge in [0.1, 0.15) is 0 Å². The van der Waals surface area contributed by atoms with E-state index >= 15 is 0 Å². The van der Waals surface area contributed by atoms with Crippen molar-refractivity contribution in [3.05, 3.63) is 0 Å². The highest BCUT2D eigenvalue weighted by molar-refractivity contribution is 5.01. The van der Waals surface area contributed by atoms with Gasteiger partial charge in [0.2, 0.25) is 0 Å².